The Morgan fingerprint density at radius 1 is 1.62 bits per heavy atom. The molecule has 0 fully saturated rings. The first kappa shape index (κ1) is 8.98. The molecule has 2 amide bonds. The zero-order valence-corrected chi connectivity index (χ0v) is 6.65. The molecule has 0 spiro atoms. The van der Waals surface area contributed by atoms with E-state index >= 15 is 0 Å². The SMILES string of the molecule is NC(=O)C(=O)NN=Cc1ccc[nH]1. The molecule has 0 aliphatic rings. The number of hydrazone groups is 1. The second-order valence-corrected chi connectivity index (χ2v) is 2.19. The van der Waals surface area contributed by atoms with E-state index in [1.54, 1.807) is 18.3 Å². The summed E-state index contributed by atoms with van der Waals surface area (Å²) in [4.78, 5) is 23.6. The number of nitrogens with zero attached hydrogens (tertiary/aromatic N) is 1. The number of hydrogen-bond donors (Lipinski definition) is 3. The average molecular weight is 180 g/mol. The number of hydrogen-bond acceptors (Lipinski definition) is 3. The second-order valence-electron chi connectivity index (χ2n) is 2.19. The zero-order valence-electron chi connectivity index (χ0n) is 6.65. The molecule has 0 atom stereocenters. The number of nitrogens with two attached hydrogens (primary N) is 1. The quantitative estimate of drug-likeness (QED) is 0.307. The number of amides is 2. The summed E-state index contributed by atoms with van der Waals surface area (Å²) in [5, 5.41) is 3.48. The van der Waals surface area contributed by atoms with Gasteiger partial charge in [-0.1, -0.05) is 0 Å². The van der Waals surface area contributed by atoms with Crippen LogP contribution in [-0.2, 0) is 9.59 Å². The monoisotopic (exact) mass is 180 g/mol. The Kier molecular flexibility index (Phi) is 2.80. The van der Waals surface area contributed by atoms with Crippen molar-refractivity contribution in [2.45, 2.75) is 0 Å². The van der Waals surface area contributed by atoms with Gasteiger partial charge >= 0.3 is 11.8 Å². The molecule has 1 aromatic rings. The van der Waals surface area contributed by atoms with E-state index in [1.165, 1.54) is 6.21 Å². The first-order chi connectivity index (χ1) is 6.20. The number of primary amides is 1. The van der Waals surface area contributed by atoms with Crippen LogP contribution in [0, 0.1) is 0 Å². The molecule has 0 bridgehead atoms. The van der Waals surface area contributed by atoms with E-state index in [0.717, 1.165) is 0 Å². The van der Waals surface area contributed by atoms with Crippen molar-refractivity contribution in [3.63, 3.8) is 0 Å². The highest BCUT2D eigenvalue weighted by molar-refractivity contribution is 6.34. The smallest absolute Gasteiger partial charge is 0.329 e. The lowest BCUT2D eigenvalue weighted by molar-refractivity contribution is -0.137. The summed E-state index contributed by atoms with van der Waals surface area (Å²) >= 11 is 0. The number of H-pyrrole nitrogens is 1. The molecule has 0 aliphatic carbocycles. The standard InChI is InChI=1S/C7H8N4O2/c8-6(12)7(13)11-10-4-5-2-1-3-9-5/h1-4,9H,(H2,8,12)(H,11,13). The molecule has 6 heteroatoms. The van der Waals surface area contributed by atoms with Gasteiger partial charge in [-0.25, -0.2) is 5.43 Å². The third-order valence-electron chi connectivity index (χ3n) is 1.22. The van der Waals surface area contributed by atoms with Crippen molar-refractivity contribution in [1.82, 2.24) is 10.4 Å². The Hall–Kier alpha value is -2.11. The van der Waals surface area contributed by atoms with Gasteiger partial charge in [0, 0.05) is 6.20 Å². The van der Waals surface area contributed by atoms with Crippen LogP contribution < -0.4 is 11.2 Å². The van der Waals surface area contributed by atoms with Gasteiger partial charge in [-0.15, -0.1) is 0 Å². The predicted octanol–water partition coefficient (Wildman–Crippen LogP) is -1.05. The molecule has 0 aliphatic heterocycles. The zero-order chi connectivity index (χ0) is 9.68. The van der Waals surface area contributed by atoms with Crippen molar-refractivity contribution in [3.05, 3.63) is 24.0 Å². The van der Waals surface area contributed by atoms with Crippen LogP contribution in [0.25, 0.3) is 0 Å². The summed E-state index contributed by atoms with van der Waals surface area (Å²) in [6.07, 6.45) is 3.07. The summed E-state index contributed by atoms with van der Waals surface area (Å²) in [6.45, 7) is 0. The number of carbonyl (C=O) groups is 2. The molecule has 1 aromatic heterocycles. The number of rotatable bonds is 2. The van der Waals surface area contributed by atoms with E-state index in [9.17, 15) is 9.59 Å². The fraction of sp³-hybridized carbons (Fsp3) is 0. The molecule has 0 radical (unpaired) electrons. The maximum absolute atomic E-state index is 10.6. The van der Waals surface area contributed by atoms with E-state index in [1.807, 2.05) is 5.43 Å². The Labute approximate surface area is 73.8 Å². The minimum absolute atomic E-state index is 0.713. The molecule has 0 aromatic carbocycles. The van der Waals surface area contributed by atoms with Crippen LogP contribution in [0.3, 0.4) is 0 Å². The highest BCUT2D eigenvalue weighted by Crippen LogP contribution is 1.87. The molecule has 68 valence electrons. The summed E-state index contributed by atoms with van der Waals surface area (Å²) < 4.78 is 0. The van der Waals surface area contributed by atoms with Crippen LogP contribution >= 0.6 is 0 Å². The number of aromatic amines is 1. The summed E-state index contributed by atoms with van der Waals surface area (Å²) in [5.74, 6) is -2.01. The Morgan fingerprint density at radius 2 is 2.38 bits per heavy atom. The van der Waals surface area contributed by atoms with Gasteiger partial charge in [-0.3, -0.25) is 9.59 Å². The van der Waals surface area contributed by atoms with Crippen molar-refractivity contribution in [1.29, 1.82) is 0 Å². The van der Waals surface area contributed by atoms with Gasteiger partial charge in [0.1, 0.15) is 0 Å². The Bertz CT molecular complexity index is 328. The minimum Gasteiger partial charge on any atom is -0.361 e. The summed E-state index contributed by atoms with van der Waals surface area (Å²) in [6, 6.07) is 3.52. The maximum Gasteiger partial charge on any atom is 0.329 e. The largest absolute Gasteiger partial charge is 0.361 e. The van der Waals surface area contributed by atoms with Gasteiger partial charge in [0.25, 0.3) is 0 Å². The number of carbonyl (C=O) groups excluding carboxylic acids is 2. The molecule has 6 nitrogen and oxygen atoms in total. The van der Waals surface area contributed by atoms with E-state index < -0.39 is 11.8 Å². The van der Waals surface area contributed by atoms with Crippen LogP contribution in [-0.4, -0.2) is 23.0 Å². The van der Waals surface area contributed by atoms with Crippen molar-refractivity contribution in [2.75, 3.05) is 0 Å². The van der Waals surface area contributed by atoms with Gasteiger partial charge in [-0.2, -0.15) is 5.10 Å². The molecule has 1 heterocycles. The molecule has 0 saturated heterocycles. The van der Waals surface area contributed by atoms with Crippen LogP contribution in [0.1, 0.15) is 5.69 Å². The minimum atomic E-state index is -1.07. The first-order valence-electron chi connectivity index (χ1n) is 3.46. The third-order valence-corrected chi connectivity index (χ3v) is 1.22. The molecular formula is C7H8N4O2. The van der Waals surface area contributed by atoms with Crippen LogP contribution in [0.2, 0.25) is 0 Å². The van der Waals surface area contributed by atoms with Crippen molar-refractivity contribution < 1.29 is 9.59 Å². The summed E-state index contributed by atoms with van der Waals surface area (Å²) in [5.41, 5.74) is 7.33. The van der Waals surface area contributed by atoms with Gasteiger partial charge in [0.2, 0.25) is 0 Å². The maximum atomic E-state index is 10.6. The van der Waals surface area contributed by atoms with Crippen LogP contribution in [0.5, 0.6) is 0 Å². The van der Waals surface area contributed by atoms with E-state index in [-0.39, 0.29) is 0 Å². The van der Waals surface area contributed by atoms with Gasteiger partial charge in [0.15, 0.2) is 0 Å². The van der Waals surface area contributed by atoms with Crippen molar-refractivity contribution >= 4 is 18.0 Å². The van der Waals surface area contributed by atoms with E-state index in [2.05, 4.69) is 15.8 Å². The lowest BCUT2D eigenvalue weighted by Gasteiger charge is -1.91. The highest BCUT2D eigenvalue weighted by Gasteiger charge is 2.04. The average Bonchev–Trinajstić information content (AvgIpc) is 2.56. The number of aromatic nitrogens is 1. The van der Waals surface area contributed by atoms with Gasteiger partial charge < -0.3 is 10.7 Å². The van der Waals surface area contributed by atoms with Gasteiger partial charge in [-0.05, 0) is 12.1 Å². The molecule has 0 saturated carbocycles. The Morgan fingerprint density at radius 3 is 2.92 bits per heavy atom. The molecule has 0 unspecified atom stereocenters. The molecule has 4 N–H and O–H groups in total. The lowest BCUT2D eigenvalue weighted by Crippen LogP contribution is -2.32. The fourth-order valence-corrected chi connectivity index (χ4v) is 0.640. The highest BCUT2D eigenvalue weighted by atomic mass is 16.2. The first-order valence-corrected chi connectivity index (χ1v) is 3.46. The van der Waals surface area contributed by atoms with E-state index in [4.69, 9.17) is 0 Å². The summed E-state index contributed by atoms with van der Waals surface area (Å²) in [7, 11) is 0. The lowest BCUT2D eigenvalue weighted by atomic mass is 10.5. The van der Waals surface area contributed by atoms with Crippen LogP contribution in [0.4, 0.5) is 0 Å². The molecule has 13 heavy (non-hydrogen) atoms. The fourth-order valence-electron chi connectivity index (χ4n) is 0.640. The Balaban J connectivity index is 2.43. The number of nitrogens with one attached hydrogen (secondary N) is 2. The topological polar surface area (TPSA) is 100 Å². The van der Waals surface area contributed by atoms with Crippen molar-refractivity contribution in [2.24, 2.45) is 10.8 Å². The second kappa shape index (κ2) is 4.05. The van der Waals surface area contributed by atoms with Crippen molar-refractivity contribution in [3.8, 4) is 0 Å². The van der Waals surface area contributed by atoms with Gasteiger partial charge in [0.05, 0.1) is 11.9 Å². The van der Waals surface area contributed by atoms with E-state index in [0.29, 0.717) is 5.69 Å². The molecule has 1 rings (SSSR count). The molecular weight excluding hydrogens is 172 g/mol. The predicted molar refractivity (Wildman–Crippen MR) is 45.7 cm³/mol. The third kappa shape index (κ3) is 2.78. The van der Waals surface area contributed by atoms with Crippen LogP contribution in [0.15, 0.2) is 23.4 Å². The normalized spacial score (nSPS) is 10.2.